The van der Waals surface area contributed by atoms with Crippen LogP contribution in [0.25, 0.3) is 0 Å². The molecule has 0 radical (unpaired) electrons. The van der Waals surface area contributed by atoms with Crippen LogP contribution in [0.3, 0.4) is 0 Å². The van der Waals surface area contributed by atoms with E-state index in [1.165, 1.54) is 16.9 Å². The summed E-state index contributed by atoms with van der Waals surface area (Å²) in [6, 6.07) is 8.13. The molecule has 142 valence electrons. The monoisotopic (exact) mass is 372 g/mol. The van der Waals surface area contributed by atoms with Crippen molar-refractivity contribution in [3.63, 3.8) is 0 Å². The molecule has 8 nitrogen and oxygen atoms in total. The first-order valence-electron chi connectivity index (χ1n) is 9.15. The summed E-state index contributed by atoms with van der Waals surface area (Å²) in [5.41, 5.74) is 0.858. The van der Waals surface area contributed by atoms with Gasteiger partial charge in [0.05, 0.1) is 43.8 Å². The lowest BCUT2D eigenvalue weighted by Gasteiger charge is -2.31. The molecule has 0 unspecified atom stereocenters. The van der Waals surface area contributed by atoms with Crippen LogP contribution in [0.1, 0.15) is 23.2 Å². The summed E-state index contributed by atoms with van der Waals surface area (Å²) < 4.78 is 4.66. The fourth-order valence-electron chi connectivity index (χ4n) is 3.84. The Morgan fingerprint density at radius 3 is 2.48 bits per heavy atom. The number of methoxy groups -OCH3 is 1. The zero-order valence-electron chi connectivity index (χ0n) is 15.4. The van der Waals surface area contributed by atoms with Crippen molar-refractivity contribution in [3.05, 3.63) is 29.8 Å². The van der Waals surface area contributed by atoms with E-state index in [-0.39, 0.29) is 24.3 Å². The SMILES string of the molecule is COC(=O)c1ccc(N2C(=O)C[C@H]([NH+]3CC[NH+](CCC#N)CC3)C2=O)cc1. The van der Waals surface area contributed by atoms with Gasteiger partial charge in [-0.1, -0.05) is 0 Å². The molecule has 0 aromatic heterocycles. The number of ether oxygens (including phenoxy) is 1. The molecule has 1 atom stereocenters. The number of benzene rings is 1. The van der Waals surface area contributed by atoms with Gasteiger partial charge in [-0.05, 0) is 24.3 Å². The van der Waals surface area contributed by atoms with E-state index >= 15 is 0 Å². The number of amides is 2. The minimum Gasteiger partial charge on any atom is -0.465 e. The summed E-state index contributed by atoms with van der Waals surface area (Å²) in [7, 11) is 1.30. The molecule has 2 heterocycles. The van der Waals surface area contributed by atoms with E-state index in [0.29, 0.717) is 17.7 Å². The number of piperazine rings is 1. The molecule has 27 heavy (non-hydrogen) atoms. The number of rotatable bonds is 5. The Labute approximate surface area is 157 Å². The first-order valence-corrected chi connectivity index (χ1v) is 9.15. The summed E-state index contributed by atoms with van der Waals surface area (Å²) in [5, 5.41) is 8.70. The standard InChI is InChI=1S/C19H22N4O4/c1-27-19(26)14-3-5-15(6-4-14)23-17(24)13-16(18(23)25)22-11-9-21(10-12-22)8-2-7-20/h3-6,16H,2,8-13H2,1H3/p+2/t16-/m0/s1. The molecule has 0 bridgehead atoms. The zero-order valence-corrected chi connectivity index (χ0v) is 15.4. The van der Waals surface area contributed by atoms with E-state index in [0.717, 1.165) is 37.6 Å². The molecule has 2 aliphatic heterocycles. The number of hydrogen-bond acceptors (Lipinski definition) is 5. The van der Waals surface area contributed by atoms with E-state index in [2.05, 4.69) is 10.8 Å². The van der Waals surface area contributed by atoms with Crippen LogP contribution in [0, 0.1) is 11.3 Å². The van der Waals surface area contributed by atoms with Gasteiger partial charge < -0.3 is 14.5 Å². The number of quaternary nitrogens is 2. The van der Waals surface area contributed by atoms with E-state index in [1.807, 2.05) is 0 Å². The second-order valence-corrected chi connectivity index (χ2v) is 6.93. The topological polar surface area (TPSA) is 96.3 Å². The van der Waals surface area contributed by atoms with E-state index in [4.69, 9.17) is 5.26 Å². The number of nitrogens with one attached hydrogen (secondary N) is 2. The van der Waals surface area contributed by atoms with Crippen LogP contribution in [0.4, 0.5) is 5.69 Å². The quantitative estimate of drug-likeness (QED) is 0.452. The van der Waals surface area contributed by atoms with Crippen LogP contribution in [-0.4, -0.2) is 63.7 Å². The smallest absolute Gasteiger partial charge is 0.337 e. The molecule has 2 N–H and O–H groups in total. The number of carbonyl (C=O) groups is 3. The maximum atomic E-state index is 12.9. The third-order valence-corrected chi connectivity index (χ3v) is 5.38. The minimum absolute atomic E-state index is 0.179. The lowest BCUT2D eigenvalue weighted by molar-refractivity contribution is -1.02. The van der Waals surface area contributed by atoms with E-state index < -0.39 is 5.97 Å². The fourth-order valence-corrected chi connectivity index (χ4v) is 3.84. The summed E-state index contributed by atoms with van der Waals surface area (Å²) >= 11 is 0. The molecule has 3 rings (SSSR count). The highest BCUT2D eigenvalue weighted by molar-refractivity contribution is 6.21. The van der Waals surface area contributed by atoms with Gasteiger partial charge in [0, 0.05) is 0 Å². The van der Waals surface area contributed by atoms with Gasteiger partial charge in [-0.25, -0.2) is 9.69 Å². The van der Waals surface area contributed by atoms with Crippen LogP contribution in [0.2, 0.25) is 0 Å². The Balaban J connectivity index is 1.65. The summed E-state index contributed by atoms with van der Waals surface area (Å²) in [4.78, 5) is 40.7. The van der Waals surface area contributed by atoms with Crippen molar-refractivity contribution < 1.29 is 28.9 Å². The highest BCUT2D eigenvalue weighted by atomic mass is 16.5. The molecule has 2 fully saturated rings. The lowest BCUT2D eigenvalue weighted by atomic mass is 10.1. The van der Waals surface area contributed by atoms with Crippen LogP contribution >= 0.6 is 0 Å². The van der Waals surface area contributed by atoms with E-state index in [9.17, 15) is 14.4 Å². The normalized spacial score (nSPS) is 25.3. The first kappa shape index (κ1) is 19.0. The lowest BCUT2D eigenvalue weighted by Crippen LogP contribution is -3.30. The number of hydrogen-bond donors (Lipinski definition) is 2. The molecule has 1 aromatic carbocycles. The van der Waals surface area contributed by atoms with Gasteiger partial charge in [0.25, 0.3) is 5.91 Å². The number of imide groups is 1. The molecular weight excluding hydrogens is 348 g/mol. The third kappa shape index (κ3) is 3.99. The van der Waals surface area contributed by atoms with E-state index in [1.54, 1.807) is 24.3 Å². The molecule has 2 saturated heterocycles. The van der Waals surface area contributed by atoms with Crippen LogP contribution in [0.15, 0.2) is 24.3 Å². The van der Waals surface area contributed by atoms with Crippen molar-refractivity contribution in [3.8, 4) is 6.07 Å². The molecule has 1 aromatic rings. The molecule has 2 aliphatic rings. The van der Waals surface area contributed by atoms with Gasteiger partial charge in [0.15, 0.2) is 6.04 Å². The molecule has 0 spiro atoms. The zero-order chi connectivity index (χ0) is 19.4. The fraction of sp³-hybridized carbons (Fsp3) is 0.474. The highest BCUT2D eigenvalue weighted by Crippen LogP contribution is 2.22. The van der Waals surface area contributed by atoms with Gasteiger partial charge in [0.1, 0.15) is 26.2 Å². The second-order valence-electron chi connectivity index (χ2n) is 6.93. The van der Waals surface area contributed by atoms with Crippen molar-refractivity contribution in [2.75, 3.05) is 44.7 Å². The van der Waals surface area contributed by atoms with Crippen molar-refractivity contribution >= 4 is 23.5 Å². The molecule has 2 amide bonds. The molecule has 8 heteroatoms. The number of esters is 1. The Hall–Kier alpha value is -2.76. The summed E-state index contributed by atoms with van der Waals surface area (Å²) in [5.74, 6) is -0.844. The van der Waals surface area contributed by atoms with Crippen LogP contribution < -0.4 is 14.7 Å². The van der Waals surface area contributed by atoms with Gasteiger partial charge in [-0.2, -0.15) is 5.26 Å². The average Bonchev–Trinajstić information content (AvgIpc) is 3.00. The Morgan fingerprint density at radius 2 is 1.89 bits per heavy atom. The number of carbonyl (C=O) groups excluding carboxylic acids is 3. The van der Waals surface area contributed by atoms with Gasteiger partial charge >= 0.3 is 5.97 Å². The van der Waals surface area contributed by atoms with Gasteiger partial charge in [-0.15, -0.1) is 0 Å². The predicted octanol–water partition coefficient (Wildman–Crippen LogP) is -2.20. The molecule has 0 aliphatic carbocycles. The predicted molar refractivity (Wildman–Crippen MR) is 95.2 cm³/mol. The number of nitrogens with zero attached hydrogens (tertiary/aromatic N) is 2. The van der Waals surface area contributed by atoms with Gasteiger partial charge in [-0.3, -0.25) is 9.59 Å². The number of nitriles is 1. The Bertz CT molecular complexity index is 763. The Kier molecular flexibility index (Phi) is 5.84. The van der Waals surface area contributed by atoms with Crippen molar-refractivity contribution in [2.45, 2.75) is 18.9 Å². The van der Waals surface area contributed by atoms with Crippen molar-refractivity contribution in [1.29, 1.82) is 5.26 Å². The van der Waals surface area contributed by atoms with Crippen molar-refractivity contribution in [1.82, 2.24) is 0 Å². The summed E-state index contributed by atoms with van der Waals surface area (Å²) in [6.07, 6.45) is 0.751. The van der Waals surface area contributed by atoms with Crippen LogP contribution in [-0.2, 0) is 14.3 Å². The molecular formula is C19H24N4O4+2. The third-order valence-electron chi connectivity index (χ3n) is 5.38. The average molecular weight is 372 g/mol. The maximum Gasteiger partial charge on any atom is 0.337 e. The largest absolute Gasteiger partial charge is 0.465 e. The maximum absolute atomic E-state index is 12.9. The second kappa shape index (κ2) is 8.29. The molecule has 0 saturated carbocycles. The first-order chi connectivity index (χ1) is 13.0. The van der Waals surface area contributed by atoms with Gasteiger partial charge in [0.2, 0.25) is 5.91 Å². The van der Waals surface area contributed by atoms with Crippen LogP contribution in [0.5, 0.6) is 0 Å². The summed E-state index contributed by atoms with van der Waals surface area (Å²) in [6.45, 7) is 4.28. The highest BCUT2D eigenvalue weighted by Gasteiger charge is 2.46. The number of anilines is 1. The Morgan fingerprint density at radius 1 is 1.22 bits per heavy atom. The van der Waals surface area contributed by atoms with Crippen molar-refractivity contribution in [2.24, 2.45) is 0 Å². The minimum atomic E-state index is -0.459.